The summed E-state index contributed by atoms with van der Waals surface area (Å²) in [6, 6.07) is 1.76. The van der Waals surface area contributed by atoms with Crippen LogP contribution in [0.1, 0.15) is 65.7 Å². The Bertz CT molecular complexity index is 1280. The number of nitriles is 1. The summed E-state index contributed by atoms with van der Waals surface area (Å²) >= 11 is 0. The van der Waals surface area contributed by atoms with Crippen molar-refractivity contribution in [1.82, 2.24) is 0 Å². The predicted octanol–water partition coefficient (Wildman–Crippen LogP) is 4.70. The Morgan fingerprint density at radius 2 is 1.93 bits per heavy atom. The molecule has 5 saturated carbocycles. The van der Waals surface area contributed by atoms with Crippen LogP contribution in [-0.4, -0.2) is 59.3 Å². The van der Waals surface area contributed by atoms with Gasteiger partial charge in [-0.2, -0.15) is 5.26 Å². The van der Waals surface area contributed by atoms with Crippen molar-refractivity contribution in [2.45, 2.75) is 95.4 Å². The smallest absolute Gasteiger partial charge is 0.447 e. The number of hydrogen-bond acceptors (Lipinski definition) is 8. The van der Waals surface area contributed by atoms with Crippen molar-refractivity contribution >= 4 is 17.9 Å². The number of aliphatic hydroxyl groups excluding tert-OH is 1. The van der Waals surface area contributed by atoms with Gasteiger partial charge < -0.3 is 19.3 Å². The Balaban J connectivity index is 1.38. The number of carbonyl (C=O) groups excluding carboxylic acids is 3. The van der Waals surface area contributed by atoms with Gasteiger partial charge in [0, 0.05) is 22.7 Å². The van der Waals surface area contributed by atoms with E-state index in [0.717, 1.165) is 31.8 Å². The molecule has 4 unspecified atom stereocenters. The second-order valence-electron chi connectivity index (χ2n) is 13.6. The Morgan fingerprint density at radius 3 is 2.59 bits per heavy atom. The second-order valence-corrected chi connectivity index (χ2v) is 13.6. The summed E-state index contributed by atoms with van der Waals surface area (Å²) in [4.78, 5) is 39.3. The number of allylic oxidation sites excluding steroid dienone is 4. The van der Waals surface area contributed by atoms with Gasteiger partial charge in [-0.15, -0.1) is 0 Å². The summed E-state index contributed by atoms with van der Waals surface area (Å²) in [7, 11) is 0. The number of alkyl halides is 2. The molecule has 222 valence electrons. The fraction of sp³-hybridized carbons (Fsp3) is 0.742. The molecule has 6 aliphatic carbocycles. The molecule has 0 saturated heterocycles. The van der Waals surface area contributed by atoms with E-state index in [1.54, 1.807) is 19.9 Å². The number of ketones is 1. The van der Waals surface area contributed by atoms with Gasteiger partial charge in [0.1, 0.15) is 18.3 Å². The van der Waals surface area contributed by atoms with Crippen LogP contribution in [0.4, 0.5) is 13.6 Å². The van der Waals surface area contributed by atoms with E-state index in [1.807, 2.05) is 0 Å². The van der Waals surface area contributed by atoms with Crippen molar-refractivity contribution in [3.05, 3.63) is 23.8 Å². The van der Waals surface area contributed by atoms with Crippen LogP contribution in [0.3, 0.4) is 0 Å². The maximum atomic E-state index is 17.5. The Hall–Kier alpha value is -2.80. The third kappa shape index (κ3) is 3.66. The molecule has 0 aromatic rings. The Labute approximate surface area is 238 Å². The lowest BCUT2D eigenvalue weighted by molar-refractivity contribution is -0.234. The highest BCUT2D eigenvalue weighted by Gasteiger charge is 2.79. The van der Waals surface area contributed by atoms with E-state index in [-0.39, 0.29) is 36.9 Å². The number of nitrogens with zero attached hydrogens (tertiary/aromatic N) is 1. The third-order valence-electron chi connectivity index (χ3n) is 11.9. The first-order valence-corrected chi connectivity index (χ1v) is 14.7. The molecule has 6 aliphatic rings. The number of carbonyl (C=O) groups is 3. The van der Waals surface area contributed by atoms with Crippen LogP contribution in [0, 0.1) is 51.8 Å². The summed E-state index contributed by atoms with van der Waals surface area (Å²) in [5.41, 5.74) is -7.28. The van der Waals surface area contributed by atoms with Crippen molar-refractivity contribution in [3.8, 4) is 6.07 Å². The monoisotopic (exact) mass is 573 g/mol. The average Bonchev–Trinajstić information content (AvgIpc) is 3.59. The van der Waals surface area contributed by atoms with Gasteiger partial charge in [0.2, 0.25) is 5.60 Å². The van der Waals surface area contributed by atoms with Crippen molar-refractivity contribution in [1.29, 1.82) is 5.26 Å². The van der Waals surface area contributed by atoms with Gasteiger partial charge in [-0.1, -0.05) is 19.9 Å². The summed E-state index contributed by atoms with van der Waals surface area (Å²) < 4.78 is 50.3. The minimum absolute atomic E-state index is 0.00262. The maximum absolute atomic E-state index is 17.5. The van der Waals surface area contributed by atoms with E-state index >= 15 is 8.78 Å². The van der Waals surface area contributed by atoms with E-state index in [1.165, 1.54) is 19.1 Å². The molecule has 12 atom stereocenters. The molecule has 0 radical (unpaired) electrons. The van der Waals surface area contributed by atoms with Crippen LogP contribution in [0.15, 0.2) is 23.8 Å². The lowest BCUT2D eigenvalue weighted by Crippen LogP contribution is -2.71. The molecule has 0 aliphatic heterocycles. The molecule has 0 aromatic carbocycles. The van der Waals surface area contributed by atoms with Gasteiger partial charge in [0.25, 0.3) is 0 Å². The van der Waals surface area contributed by atoms with Crippen LogP contribution < -0.4 is 0 Å². The highest BCUT2D eigenvalue weighted by molar-refractivity contribution is 6.01. The number of rotatable bonds is 4. The van der Waals surface area contributed by atoms with E-state index in [2.05, 4.69) is 0 Å². The van der Waals surface area contributed by atoms with Crippen molar-refractivity contribution < 1.29 is 42.5 Å². The molecular formula is C31H37F2NO7. The second kappa shape index (κ2) is 9.35. The maximum Gasteiger partial charge on any atom is 0.509 e. The zero-order valence-electron chi connectivity index (χ0n) is 23.6. The van der Waals surface area contributed by atoms with Crippen LogP contribution in [0.2, 0.25) is 0 Å². The number of esters is 1. The quantitative estimate of drug-likeness (QED) is 0.481. The molecule has 6 rings (SSSR count). The Kier molecular flexibility index (Phi) is 6.46. The number of aliphatic hydroxyl groups is 1. The van der Waals surface area contributed by atoms with E-state index in [9.17, 15) is 19.5 Å². The first-order chi connectivity index (χ1) is 19.3. The molecule has 8 nitrogen and oxygen atoms in total. The minimum atomic E-state index is -2.35. The molecule has 0 spiro atoms. The van der Waals surface area contributed by atoms with Crippen LogP contribution >= 0.6 is 0 Å². The first-order valence-electron chi connectivity index (χ1n) is 14.7. The van der Waals surface area contributed by atoms with E-state index in [0.29, 0.717) is 5.92 Å². The molecule has 10 heteroatoms. The van der Waals surface area contributed by atoms with E-state index < -0.39 is 76.6 Å². The molecule has 0 aromatic heterocycles. The highest BCUT2D eigenvalue weighted by atomic mass is 19.1. The Morgan fingerprint density at radius 1 is 1.17 bits per heavy atom. The average molecular weight is 574 g/mol. The van der Waals surface area contributed by atoms with Gasteiger partial charge in [-0.05, 0) is 87.3 Å². The zero-order chi connectivity index (χ0) is 29.5. The zero-order valence-corrected chi connectivity index (χ0v) is 23.6. The van der Waals surface area contributed by atoms with Crippen LogP contribution in [0.25, 0.3) is 0 Å². The van der Waals surface area contributed by atoms with Gasteiger partial charge in [0.05, 0.1) is 6.10 Å². The SMILES string of the molecule is C[C@@H]1C[C@H]2[C@@H]3C[C@H](F)C4=CC(=O)C=C[C@]4(C)C3(F)[C@@H](O)C[C@]2(C)[C@]1(OC(=O)OC1CC2CCC1C2)C(=O)OCC#N. The lowest BCUT2D eigenvalue weighted by Gasteiger charge is -2.62. The van der Waals surface area contributed by atoms with Crippen molar-refractivity contribution in [2.24, 2.45) is 40.4 Å². The van der Waals surface area contributed by atoms with Gasteiger partial charge in [-0.25, -0.2) is 18.4 Å². The molecule has 0 amide bonds. The normalized spacial score (nSPS) is 49.3. The molecule has 5 fully saturated rings. The minimum Gasteiger partial charge on any atom is -0.447 e. The fourth-order valence-corrected chi connectivity index (χ4v) is 10.0. The molecular weight excluding hydrogens is 536 g/mol. The number of halogens is 2. The number of ether oxygens (including phenoxy) is 3. The lowest BCUT2D eigenvalue weighted by atomic mass is 9.44. The summed E-state index contributed by atoms with van der Waals surface area (Å²) in [5, 5.41) is 20.8. The van der Waals surface area contributed by atoms with Crippen LogP contribution in [0.5, 0.6) is 0 Å². The van der Waals surface area contributed by atoms with Crippen molar-refractivity contribution in [2.75, 3.05) is 6.61 Å². The standard InChI is InChI=1S/C31H37F2NO7/c1-16-10-20-21-14-23(32)22-13-19(35)6-7-28(22,2)30(21,33)25(36)15-29(20,3)31(16,26(37)39-9-8-34)41-27(38)40-24-12-17-4-5-18(24)11-17/h6-7,13,16-18,20-21,23-25,36H,4-5,9-12,14-15H2,1-3H3/t16-,17?,18?,20+,21+,23+,24?,25+,28+,29+,30?,31-/m1/s1. The summed E-state index contributed by atoms with van der Waals surface area (Å²) in [5.74, 6) is -3.13. The number of fused-ring (bicyclic) bond motifs is 7. The number of hydrogen-bond donors (Lipinski definition) is 1. The molecule has 0 heterocycles. The van der Waals surface area contributed by atoms with Gasteiger partial charge in [0.15, 0.2) is 18.1 Å². The third-order valence-corrected chi connectivity index (χ3v) is 11.9. The van der Waals surface area contributed by atoms with E-state index in [4.69, 9.17) is 19.5 Å². The molecule has 2 bridgehead atoms. The van der Waals surface area contributed by atoms with Gasteiger partial charge in [-0.3, -0.25) is 4.79 Å². The summed E-state index contributed by atoms with van der Waals surface area (Å²) in [6.45, 7) is 4.26. The first kappa shape index (κ1) is 28.3. The van der Waals surface area contributed by atoms with Crippen molar-refractivity contribution in [3.63, 3.8) is 0 Å². The van der Waals surface area contributed by atoms with Crippen LogP contribution in [-0.2, 0) is 23.8 Å². The molecule has 1 N–H and O–H groups in total. The van der Waals surface area contributed by atoms with Gasteiger partial charge >= 0.3 is 12.1 Å². The predicted molar refractivity (Wildman–Crippen MR) is 139 cm³/mol. The topological polar surface area (TPSA) is 123 Å². The highest BCUT2D eigenvalue weighted by Crippen LogP contribution is 2.71. The largest absolute Gasteiger partial charge is 0.509 e. The fourth-order valence-electron chi connectivity index (χ4n) is 10.0. The summed E-state index contributed by atoms with van der Waals surface area (Å²) in [6.07, 6.45) is 2.36. The molecule has 41 heavy (non-hydrogen) atoms.